The molecule has 1 N–H and O–H groups in total. The molecule has 1 aromatic carbocycles. The van der Waals surface area contributed by atoms with Crippen LogP contribution >= 0.6 is 0 Å². The van der Waals surface area contributed by atoms with Crippen molar-refractivity contribution in [1.29, 1.82) is 0 Å². The van der Waals surface area contributed by atoms with Gasteiger partial charge < -0.3 is 10.1 Å². The molecule has 102 valence electrons. The molecule has 1 aromatic heterocycles. The van der Waals surface area contributed by atoms with E-state index in [1.165, 1.54) is 6.07 Å². The second-order valence-electron chi connectivity index (χ2n) is 4.42. The average molecular weight is 262 g/mol. The summed E-state index contributed by atoms with van der Waals surface area (Å²) in [4.78, 5) is 4.45. The van der Waals surface area contributed by atoms with Gasteiger partial charge >= 0.3 is 0 Å². The first-order valence-corrected chi connectivity index (χ1v) is 6.53. The molecule has 2 rings (SSSR count). The van der Waals surface area contributed by atoms with Crippen molar-refractivity contribution in [3.05, 3.63) is 29.2 Å². The van der Waals surface area contributed by atoms with Gasteiger partial charge in [0.15, 0.2) is 0 Å². The smallest absolute Gasteiger partial charge is 0.149 e. The van der Waals surface area contributed by atoms with E-state index in [0.29, 0.717) is 11.3 Å². The van der Waals surface area contributed by atoms with Gasteiger partial charge in [0.1, 0.15) is 17.1 Å². The maximum Gasteiger partial charge on any atom is 0.149 e. The number of anilines is 1. The minimum Gasteiger partial charge on any atom is -0.496 e. The molecule has 19 heavy (non-hydrogen) atoms. The van der Waals surface area contributed by atoms with Crippen molar-refractivity contribution in [1.82, 2.24) is 4.98 Å². The van der Waals surface area contributed by atoms with Crippen molar-refractivity contribution < 1.29 is 9.13 Å². The number of nitrogens with one attached hydrogen (secondary N) is 1. The molecule has 0 saturated carbocycles. The van der Waals surface area contributed by atoms with E-state index >= 15 is 0 Å². The standard InChI is InChI=1S/C15H19FN2O/c1-5-11-9(3)14(17-6-2)13-12(19-4)8-7-10(16)15(13)18-11/h7-8H,5-6H2,1-4H3,(H,17,18). The third-order valence-corrected chi connectivity index (χ3v) is 3.30. The SMILES string of the molecule is CCNc1c(C)c(CC)nc2c(F)ccc(OC)c12. The molecule has 0 aliphatic rings. The van der Waals surface area contributed by atoms with E-state index in [4.69, 9.17) is 4.74 Å². The molecule has 3 nitrogen and oxygen atoms in total. The molecule has 0 aliphatic heterocycles. The van der Waals surface area contributed by atoms with Crippen molar-refractivity contribution >= 4 is 16.6 Å². The molecule has 0 amide bonds. The van der Waals surface area contributed by atoms with Gasteiger partial charge in [0.2, 0.25) is 0 Å². The minimum atomic E-state index is -0.315. The maximum absolute atomic E-state index is 14.0. The van der Waals surface area contributed by atoms with Crippen LogP contribution in [0.1, 0.15) is 25.1 Å². The van der Waals surface area contributed by atoms with Crippen LogP contribution in [0.5, 0.6) is 5.75 Å². The molecule has 0 radical (unpaired) electrons. The van der Waals surface area contributed by atoms with Gasteiger partial charge in [-0.3, -0.25) is 0 Å². The Morgan fingerprint density at radius 1 is 1.32 bits per heavy atom. The summed E-state index contributed by atoms with van der Waals surface area (Å²) < 4.78 is 19.4. The van der Waals surface area contributed by atoms with Crippen LogP contribution in [0.3, 0.4) is 0 Å². The Hall–Kier alpha value is -1.84. The van der Waals surface area contributed by atoms with E-state index in [1.54, 1.807) is 13.2 Å². The second kappa shape index (κ2) is 5.43. The molecule has 0 fully saturated rings. The predicted octanol–water partition coefficient (Wildman–Crippen LogP) is 3.69. The second-order valence-corrected chi connectivity index (χ2v) is 4.42. The lowest BCUT2D eigenvalue weighted by molar-refractivity contribution is 0.419. The number of halogens is 1. The van der Waals surface area contributed by atoms with Gasteiger partial charge in [0.05, 0.1) is 18.2 Å². The highest BCUT2D eigenvalue weighted by Gasteiger charge is 2.17. The van der Waals surface area contributed by atoms with Crippen molar-refractivity contribution in [2.24, 2.45) is 0 Å². The van der Waals surface area contributed by atoms with Crippen molar-refractivity contribution in [3.63, 3.8) is 0 Å². The lowest BCUT2D eigenvalue weighted by atomic mass is 10.0. The molecule has 0 aliphatic carbocycles. The first kappa shape index (κ1) is 13.6. The molecule has 0 atom stereocenters. The summed E-state index contributed by atoms with van der Waals surface area (Å²) in [6, 6.07) is 3.05. The van der Waals surface area contributed by atoms with Gasteiger partial charge in [-0.25, -0.2) is 9.37 Å². The molecule has 0 spiro atoms. The normalized spacial score (nSPS) is 10.8. The number of aromatic nitrogens is 1. The van der Waals surface area contributed by atoms with Crippen molar-refractivity contribution in [2.45, 2.75) is 27.2 Å². The number of nitrogens with zero attached hydrogens (tertiary/aromatic N) is 1. The Labute approximate surface area is 112 Å². The topological polar surface area (TPSA) is 34.2 Å². The molecule has 2 aromatic rings. The molecule has 4 heteroatoms. The van der Waals surface area contributed by atoms with E-state index in [9.17, 15) is 4.39 Å². The monoisotopic (exact) mass is 262 g/mol. The van der Waals surface area contributed by atoms with E-state index in [2.05, 4.69) is 10.3 Å². The lowest BCUT2D eigenvalue weighted by Gasteiger charge is -2.17. The number of methoxy groups -OCH3 is 1. The summed E-state index contributed by atoms with van der Waals surface area (Å²) in [7, 11) is 1.59. The van der Waals surface area contributed by atoms with Gasteiger partial charge in [-0.15, -0.1) is 0 Å². The minimum absolute atomic E-state index is 0.315. The van der Waals surface area contributed by atoms with Crippen LogP contribution in [-0.2, 0) is 6.42 Å². The molecule has 0 bridgehead atoms. The number of hydrogen-bond acceptors (Lipinski definition) is 3. The Morgan fingerprint density at radius 3 is 2.63 bits per heavy atom. The van der Waals surface area contributed by atoms with Crippen LogP contribution in [0.2, 0.25) is 0 Å². The molecule has 0 saturated heterocycles. The van der Waals surface area contributed by atoms with Crippen LogP contribution < -0.4 is 10.1 Å². The van der Waals surface area contributed by atoms with Crippen molar-refractivity contribution in [2.75, 3.05) is 19.0 Å². The van der Waals surface area contributed by atoms with E-state index in [-0.39, 0.29) is 5.82 Å². The summed E-state index contributed by atoms with van der Waals surface area (Å²) in [5.41, 5.74) is 3.26. The predicted molar refractivity (Wildman–Crippen MR) is 76.5 cm³/mol. The fourth-order valence-corrected chi connectivity index (χ4v) is 2.36. The number of aryl methyl sites for hydroxylation is 1. The molecule has 1 heterocycles. The number of pyridine rings is 1. The highest BCUT2D eigenvalue weighted by molar-refractivity contribution is 5.98. The van der Waals surface area contributed by atoms with Gasteiger partial charge in [0, 0.05) is 12.2 Å². The van der Waals surface area contributed by atoms with Crippen LogP contribution in [0.15, 0.2) is 12.1 Å². The molecular weight excluding hydrogens is 243 g/mol. The number of benzene rings is 1. The Morgan fingerprint density at radius 2 is 2.05 bits per heavy atom. The zero-order valence-electron chi connectivity index (χ0n) is 11.8. The number of rotatable bonds is 4. The van der Waals surface area contributed by atoms with E-state index in [0.717, 1.165) is 35.3 Å². The van der Waals surface area contributed by atoms with Gasteiger partial charge in [-0.05, 0) is 38.0 Å². The summed E-state index contributed by atoms with van der Waals surface area (Å²) in [6.07, 6.45) is 0.775. The summed E-state index contributed by atoms with van der Waals surface area (Å²) in [5, 5.41) is 4.03. The Balaban J connectivity index is 2.90. The van der Waals surface area contributed by atoms with E-state index < -0.39 is 0 Å². The summed E-state index contributed by atoms with van der Waals surface area (Å²) >= 11 is 0. The van der Waals surface area contributed by atoms with Crippen LogP contribution in [-0.4, -0.2) is 18.6 Å². The zero-order chi connectivity index (χ0) is 14.0. The van der Waals surface area contributed by atoms with Gasteiger partial charge in [-0.1, -0.05) is 6.92 Å². The maximum atomic E-state index is 14.0. The highest BCUT2D eigenvalue weighted by atomic mass is 19.1. The van der Waals surface area contributed by atoms with Crippen LogP contribution in [0, 0.1) is 12.7 Å². The third-order valence-electron chi connectivity index (χ3n) is 3.30. The Kier molecular flexibility index (Phi) is 3.88. The zero-order valence-corrected chi connectivity index (χ0v) is 11.8. The first-order chi connectivity index (χ1) is 9.13. The van der Waals surface area contributed by atoms with Crippen LogP contribution in [0.4, 0.5) is 10.1 Å². The lowest BCUT2D eigenvalue weighted by Crippen LogP contribution is -2.06. The largest absolute Gasteiger partial charge is 0.496 e. The quantitative estimate of drug-likeness (QED) is 0.912. The molecular formula is C15H19FN2O. The van der Waals surface area contributed by atoms with E-state index in [1.807, 2.05) is 20.8 Å². The van der Waals surface area contributed by atoms with Gasteiger partial charge in [-0.2, -0.15) is 0 Å². The fourth-order valence-electron chi connectivity index (χ4n) is 2.36. The summed E-state index contributed by atoms with van der Waals surface area (Å²) in [6.45, 7) is 6.81. The first-order valence-electron chi connectivity index (χ1n) is 6.53. The van der Waals surface area contributed by atoms with Crippen molar-refractivity contribution in [3.8, 4) is 5.75 Å². The number of ether oxygens (including phenoxy) is 1. The fraction of sp³-hybridized carbons (Fsp3) is 0.400. The van der Waals surface area contributed by atoms with Crippen LogP contribution in [0.25, 0.3) is 10.9 Å². The number of hydrogen-bond donors (Lipinski definition) is 1. The number of fused-ring (bicyclic) bond motifs is 1. The molecule has 0 unspecified atom stereocenters. The average Bonchev–Trinajstić information content (AvgIpc) is 2.42. The summed E-state index contributed by atoms with van der Waals surface area (Å²) in [5.74, 6) is 0.329. The third kappa shape index (κ3) is 2.23. The van der Waals surface area contributed by atoms with Gasteiger partial charge in [0.25, 0.3) is 0 Å². The Bertz CT molecular complexity index is 611. The highest BCUT2D eigenvalue weighted by Crippen LogP contribution is 2.36.